The monoisotopic (exact) mass is 454 g/mol. The summed E-state index contributed by atoms with van der Waals surface area (Å²) in [7, 11) is 0. The summed E-state index contributed by atoms with van der Waals surface area (Å²) in [5, 5.41) is 9.45. The van der Waals surface area contributed by atoms with Gasteiger partial charge in [0, 0.05) is 0 Å². The van der Waals surface area contributed by atoms with Crippen LogP contribution in [0.25, 0.3) is 0 Å². The average molecular weight is 455 g/mol. The van der Waals surface area contributed by atoms with Gasteiger partial charge in [0.15, 0.2) is 0 Å². The number of phenols is 1. The van der Waals surface area contributed by atoms with Crippen LogP contribution in [-0.2, 0) is 25.7 Å². The maximum absolute atomic E-state index is 9.45. The lowest BCUT2D eigenvalue weighted by atomic mass is 9.98. The van der Waals surface area contributed by atoms with Crippen LogP contribution in [0.2, 0.25) is 0 Å². The van der Waals surface area contributed by atoms with Gasteiger partial charge in [0.25, 0.3) is 0 Å². The zero-order valence-electron chi connectivity index (χ0n) is 19.9. The first-order valence-corrected chi connectivity index (χ1v) is 12.2. The van der Waals surface area contributed by atoms with Crippen LogP contribution < -0.4 is 0 Å². The van der Waals surface area contributed by atoms with Crippen molar-refractivity contribution in [2.24, 2.45) is 0 Å². The third-order valence-corrected chi connectivity index (χ3v) is 6.48. The maximum Gasteiger partial charge on any atom is 0.115 e. The van der Waals surface area contributed by atoms with Gasteiger partial charge in [-0.3, -0.25) is 0 Å². The van der Waals surface area contributed by atoms with Crippen molar-refractivity contribution in [2.45, 2.75) is 25.7 Å². The van der Waals surface area contributed by atoms with Gasteiger partial charge in [-0.05, 0) is 82.3 Å². The van der Waals surface area contributed by atoms with Gasteiger partial charge in [-0.25, -0.2) is 0 Å². The molecular formula is C34H30O. The smallest absolute Gasteiger partial charge is 0.115 e. The zero-order valence-corrected chi connectivity index (χ0v) is 19.9. The summed E-state index contributed by atoms with van der Waals surface area (Å²) in [6, 6.07) is 45.0. The van der Waals surface area contributed by atoms with Gasteiger partial charge in [0.2, 0.25) is 0 Å². The van der Waals surface area contributed by atoms with E-state index in [9.17, 15) is 5.11 Å². The van der Waals surface area contributed by atoms with Crippen molar-refractivity contribution in [3.63, 3.8) is 0 Å². The quantitative estimate of drug-likeness (QED) is 0.254. The van der Waals surface area contributed by atoms with Crippen LogP contribution in [0.3, 0.4) is 0 Å². The predicted octanol–water partition coefficient (Wildman–Crippen LogP) is 7.76. The number of benzene rings is 5. The number of rotatable bonds is 8. The molecule has 1 heteroatoms. The highest BCUT2D eigenvalue weighted by Gasteiger charge is 2.02. The fourth-order valence-corrected chi connectivity index (χ4v) is 4.48. The third-order valence-electron chi connectivity index (χ3n) is 6.48. The van der Waals surface area contributed by atoms with E-state index in [-0.39, 0.29) is 0 Å². The van der Waals surface area contributed by atoms with Crippen LogP contribution in [0.1, 0.15) is 44.5 Å². The lowest BCUT2D eigenvalue weighted by molar-refractivity contribution is 0.475. The molecule has 0 saturated carbocycles. The first kappa shape index (κ1) is 22.7. The summed E-state index contributed by atoms with van der Waals surface area (Å²) in [4.78, 5) is 0. The molecule has 0 radical (unpaired) electrons. The first-order valence-electron chi connectivity index (χ1n) is 12.2. The SMILES string of the molecule is Oc1ccc(Cc2ccc(Cc3ccc(Cc4ccc(Cc5ccccc5)cc4)cc3)cc2)cc1. The number of phenolic OH excluding ortho intramolecular Hbond substituents is 1. The highest BCUT2D eigenvalue weighted by Crippen LogP contribution is 2.18. The Morgan fingerprint density at radius 1 is 0.286 bits per heavy atom. The normalized spacial score (nSPS) is 10.9. The Labute approximate surface area is 208 Å². The molecule has 5 aromatic carbocycles. The van der Waals surface area contributed by atoms with E-state index in [0.29, 0.717) is 5.75 Å². The molecule has 0 fully saturated rings. The van der Waals surface area contributed by atoms with Gasteiger partial charge in [-0.2, -0.15) is 0 Å². The summed E-state index contributed by atoms with van der Waals surface area (Å²) >= 11 is 0. The molecule has 1 N–H and O–H groups in total. The topological polar surface area (TPSA) is 20.2 Å². The molecule has 0 spiro atoms. The molecule has 0 aromatic heterocycles. The second kappa shape index (κ2) is 10.9. The van der Waals surface area contributed by atoms with Crippen LogP contribution in [0.5, 0.6) is 5.75 Å². The molecule has 1 nitrogen and oxygen atoms in total. The maximum atomic E-state index is 9.45. The molecule has 0 heterocycles. The van der Waals surface area contributed by atoms with Gasteiger partial charge in [0.05, 0.1) is 0 Å². The Bertz CT molecular complexity index is 1330. The van der Waals surface area contributed by atoms with E-state index in [1.54, 1.807) is 12.1 Å². The van der Waals surface area contributed by atoms with Crippen LogP contribution >= 0.6 is 0 Å². The second-order valence-electron chi connectivity index (χ2n) is 9.31. The van der Waals surface area contributed by atoms with E-state index in [2.05, 4.69) is 103 Å². The van der Waals surface area contributed by atoms with Crippen LogP contribution in [-0.4, -0.2) is 5.11 Å². The predicted molar refractivity (Wildman–Crippen MR) is 145 cm³/mol. The third kappa shape index (κ3) is 6.49. The second-order valence-corrected chi connectivity index (χ2v) is 9.31. The fourth-order valence-electron chi connectivity index (χ4n) is 4.48. The van der Waals surface area contributed by atoms with Gasteiger partial charge >= 0.3 is 0 Å². The van der Waals surface area contributed by atoms with Crippen molar-refractivity contribution < 1.29 is 5.11 Å². The standard InChI is InChI=1S/C34H30O/c35-34-20-18-33(19-21-34)25-32-16-14-31(15-17-32)24-30-12-10-29(11-13-30)23-28-8-6-27(7-9-28)22-26-4-2-1-3-5-26/h1-21,35H,22-25H2. The van der Waals surface area contributed by atoms with Gasteiger partial charge in [0.1, 0.15) is 5.75 Å². The molecule has 0 unspecified atom stereocenters. The first-order chi connectivity index (χ1) is 17.2. The molecule has 0 saturated heterocycles. The molecule has 172 valence electrons. The lowest BCUT2D eigenvalue weighted by Crippen LogP contribution is -1.93. The summed E-state index contributed by atoms with van der Waals surface area (Å²) < 4.78 is 0. The van der Waals surface area contributed by atoms with Crippen molar-refractivity contribution in [3.8, 4) is 5.75 Å². The molecule has 5 aromatic rings. The van der Waals surface area contributed by atoms with E-state index in [1.807, 2.05) is 12.1 Å². The van der Waals surface area contributed by atoms with Gasteiger partial charge in [-0.15, -0.1) is 0 Å². The van der Waals surface area contributed by atoms with Crippen LogP contribution in [0.4, 0.5) is 0 Å². The molecule has 0 aliphatic heterocycles. The number of hydrogen-bond acceptors (Lipinski definition) is 1. The Morgan fingerprint density at radius 3 is 0.800 bits per heavy atom. The summed E-state index contributed by atoms with van der Waals surface area (Å²) in [6.07, 6.45) is 3.75. The molecule has 0 amide bonds. The van der Waals surface area contributed by atoms with Gasteiger partial charge in [-0.1, -0.05) is 115 Å². The van der Waals surface area contributed by atoms with Crippen LogP contribution in [0.15, 0.2) is 127 Å². The summed E-state index contributed by atoms with van der Waals surface area (Å²) in [5.41, 5.74) is 10.5. The van der Waals surface area contributed by atoms with E-state index >= 15 is 0 Å². The minimum atomic E-state index is 0.312. The van der Waals surface area contributed by atoms with Gasteiger partial charge < -0.3 is 5.11 Å². The molecule has 35 heavy (non-hydrogen) atoms. The Kier molecular flexibility index (Phi) is 7.05. The Balaban J connectivity index is 1.15. The van der Waals surface area contributed by atoms with E-state index in [0.717, 1.165) is 25.7 Å². The molecule has 0 bridgehead atoms. The fraction of sp³-hybridized carbons (Fsp3) is 0.118. The largest absolute Gasteiger partial charge is 0.508 e. The van der Waals surface area contributed by atoms with Crippen molar-refractivity contribution in [3.05, 3.63) is 172 Å². The molecule has 0 aliphatic carbocycles. The number of aromatic hydroxyl groups is 1. The van der Waals surface area contributed by atoms with E-state index < -0.39 is 0 Å². The van der Waals surface area contributed by atoms with Crippen molar-refractivity contribution in [1.29, 1.82) is 0 Å². The highest BCUT2D eigenvalue weighted by molar-refractivity contribution is 5.36. The van der Waals surface area contributed by atoms with Crippen molar-refractivity contribution in [2.75, 3.05) is 0 Å². The Hall–Kier alpha value is -4.10. The molecule has 0 atom stereocenters. The van der Waals surface area contributed by atoms with Crippen LogP contribution in [0, 0.1) is 0 Å². The zero-order chi connectivity index (χ0) is 23.9. The molecule has 5 rings (SSSR count). The van der Waals surface area contributed by atoms with E-state index in [4.69, 9.17) is 0 Å². The number of hydrogen-bond donors (Lipinski definition) is 1. The van der Waals surface area contributed by atoms with Crippen molar-refractivity contribution >= 4 is 0 Å². The molecular weight excluding hydrogens is 424 g/mol. The molecule has 0 aliphatic rings. The average Bonchev–Trinajstić information content (AvgIpc) is 2.89. The highest BCUT2D eigenvalue weighted by atomic mass is 16.3. The summed E-state index contributed by atoms with van der Waals surface area (Å²) in [6.45, 7) is 0. The lowest BCUT2D eigenvalue weighted by Gasteiger charge is -2.08. The Morgan fingerprint density at radius 2 is 0.514 bits per heavy atom. The minimum Gasteiger partial charge on any atom is -0.508 e. The summed E-state index contributed by atoms with van der Waals surface area (Å²) in [5.74, 6) is 0.312. The van der Waals surface area contributed by atoms with E-state index in [1.165, 1.54) is 44.5 Å². The minimum absolute atomic E-state index is 0.312. The van der Waals surface area contributed by atoms with Crippen molar-refractivity contribution in [1.82, 2.24) is 0 Å².